The second-order valence-electron chi connectivity index (χ2n) is 5.38. The molecule has 5 heteroatoms. The first-order chi connectivity index (χ1) is 9.13. The number of aliphatic hydroxyl groups is 1. The number of alkyl halides is 3. The molecule has 0 bridgehead atoms. The van der Waals surface area contributed by atoms with Gasteiger partial charge in [-0.05, 0) is 23.8 Å². The first-order valence-corrected chi connectivity index (χ1v) is 9.65. The van der Waals surface area contributed by atoms with Crippen LogP contribution in [0, 0.1) is 11.5 Å². The van der Waals surface area contributed by atoms with Crippen LogP contribution < -0.4 is 0 Å². The van der Waals surface area contributed by atoms with Gasteiger partial charge in [-0.3, -0.25) is 0 Å². The van der Waals surface area contributed by atoms with Crippen LogP contribution >= 0.6 is 0 Å². The van der Waals surface area contributed by atoms with Crippen molar-refractivity contribution in [1.29, 1.82) is 0 Å². The average molecular weight is 298 g/mol. The zero-order valence-corrected chi connectivity index (χ0v) is 12.7. The summed E-state index contributed by atoms with van der Waals surface area (Å²) in [5.74, 6) is 2.97. The van der Waals surface area contributed by atoms with Gasteiger partial charge >= 0.3 is 6.18 Å². The summed E-state index contributed by atoms with van der Waals surface area (Å²) in [7, 11) is -1.59. The number of hydrogen-bond acceptors (Lipinski definition) is 1. The van der Waals surface area contributed by atoms with Gasteiger partial charge in [-0.15, -0.1) is 5.54 Å². The molecule has 20 heavy (non-hydrogen) atoms. The minimum absolute atomic E-state index is 0.198. The summed E-state index contributed by atoms with van der Waals surface area (Å²) in [5, 5.41) is 9.00. The highest BCUT2D eigenvalue weighted by Crippen LogP contribution is 2.30. The Morgan fingerprint density at radius 2 is 1.75 bits per heavy atom. The summed E-state index contributed by atoms with van der Waals surface area (Å²) in [5.41, 5.74) is 3.59. The summed E-state index contributed by atoms with van der Waals surface area (Å²) in [6, 6.07) is 4.81. The highest BCUT2D eigenvalue weighted by Gasteiger charge is 2.29. The number of rotatable bonds is 2. The van der Waals surface area contributed by atoms with E-state index in [1.54, 1.807) is 0 Å². The van der Waals surface area contributed by atoms with Gasteiger partial charge in [0.25, 0.3) is 0 Å². The number of aliphatic hydroxyl groups excluding tert-OH is 1. The fourth-order valence-electron chi connectivity index (χ4n) is 1.43. The second-order valence-corrected chi connectivity index (χ2v) is 10.1. The van der Waals surface area contributed by atoms with Crippen LogP contribution in [0.1, 0.15) is 11.1 Å². The maximum Gasteiger partial charge on any atom is 0.416 e. The lowest BCUT2D eigenvalue weighted by Crippen LogP contribution is -2.16. The Hall–Kier alpha value is -1.51. The highest BCUT2D eigenvalue weighted by molar-refractivity contribution is 6.84. The molecule has 0 aliphatic rings. The van der Waals surface area contributed by atoms with Gasteiger partial charge in [0.1, 0.15) is 8.07 Å². The van der Waals surface area contributed by atoms with E-state index in [-0.39, 0.29) is 6.61 Å². The lowest BCUT2D eigenvalue weighted by molar-refractivity contribution is -0.137. The molecule has 0 unspecified atom stereocenters. The molecule has 0 amide bonds. The molecule has 108 valence electrons. The van der Waals surface area contributed by atoms with E-state index in [9.17, 15) is 13.2 Å². The standard InChI is InChI=1S/C15H17F3OSi/c1-20(2,3)11-9-13(8-10-19)12-4-6-14(7-5-12)15(16,17)18/h4-8,19H,10H2,1-3H3. The maximum absolute atomic E-state index is 12.5. The first kappa shape index (κ1) is 16.5. The smallest absolute Gasteiger partial charge is 0.392 e. The molecular weight excluding hydrogens is 281 g/mol. The zero-order chi connectivity index (χ0) is 15.4. The van der Waals surface area contributed by atoms with Crippen LogP contribution in [-0.2, 0) is 6.18 Å². The van der Waals surface area contributed by atoms with Crippen LogP contribution in [0.25, 0.3) is 5.57 Å². The molecule has 0 radical (unpaired) electrons. The topological polar surface area (TPSA) is 20.2 Å². The van der Waals surface area contributed by atoms with Crippen LogP contribution in [0.3, 0.4) is 0 Å². The lowest BCUT2D eigenvalue weighted by Gasteiger charge is -2.08. The maximum atomic E-state index is 12.5. The normalized spacial score (nSPS) is 12.8. The van der Waals surface area contributed by atoms with Crippen molar-refractivity contribution in [3.63, 3.8) is 0 Å². The first-order valence-electron chi connectivity index (χ1n) is 6.15. The van der Waals surface area contributed by atoms with Crippen molar-refractivity contribution in [2.75, 3.05) is 6.61 Å². The second kappa shape index (κ2) is 6.29. The molecule has 0 saturated carbocycles. The van der Waals surface area contributed by atoms with Crippen LogP contribution in [0.4, 0.5) is 13.2 Å². The molecule has 0 aliphatic carbocycles. The van der Waals surface area contributed by atoms with Crippen LogP contribution in [0.2, 0.25) is 19.6 Å². The summed E-state index contributed by atoms with van der Waals surface area (Å²) >= 11 is 0. The summed E-state index contributed by atoms with van der Waals surface area (Å²) in [6.07, 6.45) is -2.83. The van der Waals surface area contributed by atoms with Crippen molar-refractivity contribution in [2.45, 2.75) is 25.8 Å². The van der Waals surface area contributed by atoms with E-state index in [0.717, 1.165) is 12.1 Å². The monoisotopic (exact) mass is 298 g/mol. The van der Waals surface area contributed by atoms with Crippen LogP contribution in [0.5, 0.6) is 0 Å². The van der Waals surface area contributed by atoms with Gasteiger partial charge in [-0.1, -0.05) is 37.7 Å². The predicted molar refractivity (Wildman–Crippen MR) is 77.6 cm³/mol. The Balaban J connectivity index is 3.11. The van der Waals surface area contributed by atoms with Gasteiger partial charge < -0.3 is 5.11 Å². The molecule has 0 saturated heterocycles. The summed E-state index contributed by atoms with van der Waals surface area (Å²) in [4.78, 5) is 0. The number of allylic oxidation sites excluding steroid dienone is 1. The Morgan fingerprint density at radius 1 is 1.20 bits per heavy atom. The van der Waals surface area contributed by atoms with E-state index in [2.05, 4.69) is 31.1 Å². The van der Waals surface area contributed by atoms with Gasteiger partial charge in [-0.2, -0.15) is 13.2 Å². The fourth-order valence-corrected chi connectivity index (χ4v) is 1.94. The van der Waals surface area contributed by atoms with Crippen molar-refractivity contribution in [3.05, 3.63) is 41.5 Å². The van der Waals surface area contributed by atoms with Gasteiger partial charge in [0.2, 0.25) is 0 Å². The Labute approximate surface area is 118 Å². The minimum atomic E-state index is -4.34. The molecule has 1 N–H and O–H groups in total. The molecule has 0 atom stereocenters. The van der Waals surface area contributed by atoms with Gasteiger partial charge in [-0.25, -0.2) is 0 Å². The fraction of sp³-hybridized carbons (Fsp3) is 0.333. The van der Waals surface area contributed by atoms with E-state index in [4.69, 9.17) is 5.11 Å². The SMILES string of the molecule is C[Si](C)(C)C#CC(=CCO)c1ccc(C(F)(F)F)cc1. The zero-order valence-electron chi connectivity index (χ0n) is 11.7. The quantitative estimate of drug-likeness (QED) is 0.647. The van der Waals surface area contributed by atoms with E-state index in [1.807, 2.05) is 0 Å². The Morgan fingerprint density at radius 3 is 2.15 bits per heavy atom. The van der Waals surface area contributed by atoms with Gasteiger partial charge in [0, 0.05) is 5.57 Å². The van der Waals surface area contributed by atoms with E-state index < -0.39 is 19.8 Å². The number of halogens is 3. The molecule has 1 aromatic carbocycles. The molecule has 0 aliphatic heterocycles. The minimum Gasteiger partial charge on any atom is -0.392 e. The van der Waals surface area contributed by atoms with Crippen molar-refractivity contribution >= 4 is 13.6 Å². The summed E-state index contributed by atoms with van der Waals surface area (Å²) in [6.45, 7) is 6.02. The molecule has 0 spiro atoms. The van der Waals surface area contributed by atoms with E-state index >= 15 is 0 Å². The highest BCUT2D eigenvalue weighted by atomic mass is 28.3. The molecule has 0 heterocycles. The Kier molecular flexibility index (Phi) is 5.20. The third-order valence-electron chi connectivity index (χ3n) is 2.39. The van der Waals surface area contributed by atoms with Crippen molar-refractivity contribution in [1.82, 2.24) is 0 Å². The molecule has 1 rings (SSSR count). The van der Waals surface area contributed by atoms with Crippen LogP contribution in [-0.4, -0.2) is 19.8 Å². The van der Waals surface area contributed by atoms with E-state index in [1.165, 1.54) is 18.2 Å². The third kappa shape index (κ3) is 5.23. The van der Waals surface area contributed by atoms with Gasteiger partial charge in [0.15, 0.2) is 0 Å². The molecule has 1 nitrogen and oxygen atoms in total. The van der Waals surface area contributed by atoms with Gasteiger partial charge in [0.05, 0.1) is 12.2 Å². The Bertz CT molecular complexity index is 540. The number of hydrogen-bond donors (Lipinski definition) is 1. The van der Waals surface area contributed by atoms with Crippen molar-refractivity contribution < 1.29 is 18.3 Å². The largest absolute Gasteiger partial charge is 0.416 e. The molecule has 0 fully saturated rings. The van der Waals surface area contributed by atoms with Crippen LogP contribution in [0.15, 0.2) is 30.3 Å². The van der Waals surface area contributed by atoms with Crippen molar-refractivity contribution in [3.8, 4) is 11.5 Å². The number of benzene rings is 1. The molecule has 1 aromatic rings. The molecule has 0 aromatic heterocycles. The predicted octanol–water partition coefficient (Wildman–Crippen LogP) is 3.96. The van der Waals surface area contributed by atoms with E-state index in [0.29, 0.717) is 11.1 Å². The van der Waals surface area contributed by atoms with Crippen molar-refractivity contribution in [2.24, 2.45) is 0 Å². The average Bonchev–Trinajstić information content (AvgIpc) is 2.32. The third-order valence-corrected chi connectivity index (χ3v) is 3.27. The summed E-state index contributed by atoms with van der Waals surface area (Å²) < 4.78 is 37.5. The molecular formula is C15H17F3OSi. The lowest BCUT2D eigenvalue weighted by atomic mass is 10.0.